The molecule has 1 aromatic rings. The van der Waals surface area contributed by atoms with E-state index >= 15 is 0 Å². The first-order chi connectivity index (χ1) is 11.0. The summed E-state index contributed by atoms with van der Waals surface area (Å²) >= 11 is 0. The Balaban J connectivity index is 1.56. The quantitative estimate of drug-likeness (QED) is 0.522. The van der Waals surface area contributed by atoms with E-state index in [4.69, 9.17) is 4.74 Å². The molecule has 1 aromatic carbocycles. The van der Waals surface area contributed by atoms with Crippen LogP contribution in [-0.4, -0.2) is 22.9 Å². The molecule has 4 rings (SSSR count). The summed E-state index contributed by atoms with van der Waals surface area (Å²) in [4.78, 5) is 35.1. The zero-order valence-electron chi connectivity index (χ0n) is 12.5. The van der Waals surface area contributed by atoms with Crippen molar-refractivity contribution in [3.8, 4) is 0 Å². The number of hydrogen-bond donors (Lipinski definition) is 1. The number of fused-ring (bicyclic) bond motifs is 1. The van der Waals surface area contributed by atoms with Crippen molar-refractivity contribution < 1.29 is 19.2 Å². The van der Waals surface area contributed by atoms with Gasteiger partial charge in [-0.3, -0.25) is 19.7 Å². The van der Waals surface area contributed by atoms with Gasteiger partial charge in [-0.25, -0.2) is 0 Å². The fraction of sp³-hybridized carbons (Fsp3) is 0.500. The first kappa shape index (κ1) is 14.2. The van der Waals surface area contributed by atoms with E-state index in [1.165, 1.54) is 6.07 Å². The molecule has 2 bridgehead atoms. The summed E-state index contributed by atoms with van der Waals surface area (Å²) in [7, 11) is 0. The van der Waals surface area contributed by atoms with Crippen LogP contribution in [0.25, 0.3) is 0 Å². The van der Waals surface area contributed by atoms with E-state index in [-0.39, 0.29) is 47.3 Å². The Morgan fingerprint density at radius 1 is 1.39 bits per heavy atom. The Labute approximate surface area is 132 Å². The molecule has 1 heterocycles. The number of carbonyl (C=O) groups excluding carboxylic acids is 2. The minimum absolute atomic E-state index is 0.0120. The van der Waals surface area contributed by atoms with Gasteiger partial charge in [0.25, 0.3) is 5.69 Å². The molecule has 0 aromatic heterocycles. The molecule has 3 fully saturated rings. The topological polar surface area (TPSA) is 98.5 Å². The van der Waals surface area contributed by atoms with E-state index in [1.807, 2.05) is 0 Å². The number of nitrogens with one attached hydrogen (secondary N) is 1. The van der Waals surface area contributed by atoms with E-state index < -0.39 is 4.92 Å². The van der Waals surface area contributed by atoms with E-state index in [0.29, 0.717) is 11.3 Å². The van der Waals surface area contributed by atoms with Crippen molar-refractivity contribution in [2.75, 3.05) is 5.32 Å². The van der Waals surface area contributed by atoms with Gasteiger partial charge in [0, 0.05) is 23.2 Å². The molecule has 1 N–H and O–H groups in total. The molecule has 5 atom stereocenters. The van der Waals surface area contributed by atoms with Crippen LogP contribution in [0.4, 0.5) is 11.4 Å². The van der Waals surface area contributed by atoms with Gasteiger partial charge in [0.1, 0.15) is 6.10 Å². The lowest BCUT2D eigenvalue weighted by Crippen LogP contribution is -2.35. The van der Waals surface area contributed by atoms with Gasteiger partial charge in [-0.1, -0.05) is 6.07 Å². The van der Waals surface area contributed by atoms with E-state index in [0.717, 1.165) is 12.8 Å². The maximum Gasteiger partial charge on any atom is 0.310 e. The second-order valence-electron chi connectivity index (χ2n) is 6.67. The third-order valence-electron chi connectivity index (χ3n) is 5.46. The van der Waals surface area contributed by atoms with Crippen molar-refractivity contribution >= 4 is 23.3 Å². The lowest BCUT2D eigenvalue weighted by atomic mass is 9.79. The molecule has 1 amide bonds. The first-order valence-corrected chi connectivity index (χ1v) is 7.72. The highest BCUT2D eigenvalue weighted by atomic mass is 16.6. The molecule has 7 nitrogen and oxygen atoms in total. The van der Waals surface area contributed by atoms with Crippen molar-refractivity contribution in [3.63, 3.8) is 0 Å². The molecule has 3 aliphatic rings. The highest BCUT2D eigenvalue weighted by Gasteiger charge is 2.63. The number of benzene rings is 1. The fourth-order valence-electron chi connectivity index (χ4n) is 4.47. The average molecular weight is 316 g/mol. The number of amides is 1. The summed E-state index contributed by atoms with van der Waals surface area (Å²) in [6.45, 7) is 1.65. The minimum atomic E-state index is -0.471. The smallest absolute Gasteiger partial charge is 0.310 e. The molecule has 2 aliphatic carbocycles. The van der Waals surface area contributed by atoms with Crippen LogP contribution in [0.2, 0.25) is 0 Å². The molecule has 0 radical (unpaired) electrons. The van der Waals surface area contributed by atoms with Crippen LogP contribution >= 0.6 is 0 Å². The number of nitro groups is 1. The van der Waals surface area contributed by atoms with Crippen molar-refractivity contribution in [2.45, 2.75) is 25.9 Å². The van der Waals surface area contributed by atoms with Gasteiger partial charge in [0.05, 0.1) is 16.8 Å². The fourth-order valence-corrected chi connectivity index (χ4v) is 4.47. The Morgan fingerprint density at radius 2 is 2.17 bits per heavy atom. The summed E-state index contributed by atoms with van der Waals surface area (Å²) in [5.41, 5.74) is 0.893. The zero-order valence-corrected chi connectivity index (χ0v) is 12.5. The second kappa shape index (κ2) is 4.78. The van der Waals surface area contributed by atoms with E-state index in [1.54, 1.807) is 19.1 Å². The van der Waals surface area contributed by atoms with Crippen LogP contribution in [0.1, 0.15) is 18.4 Å². The van der Waals surface area contributed by atoms with Crippen molar-refractivity contribution in [1.29, 1.82) is 0 Å². The molecule has 0 spiro atoms. The lowest BCUT2D eigenvalue weighted by molar-refractivity contribution is -0.385. The normalized spacial score (nSPS) is 33.6. The number of esters is 1. The number of hydrogen-bond acceptors (Lipinski definition) is 5. The van der Waals surface area contributed by atoms with E-state index in [9.17, 15) is 19.7 Å². The predicted octanol–water partition coefficient (Wildman–Crippen LogP) is 2.04. The average Bonchev–Trinajstić information content (AvgIpc) is 3.10. The summed E-state index contributed by atoms with van der Waals surface area (Å²) in [5.74, 6) is -0.906. The van der Waals surface area contributed by atoms with Crippen LogP contribution < -0.4 is 5.32 Å². The maximum absolute atomic E-state index is 12.6. The Bertz CT molecular complexity index is 729. The highest BCUT2D eigenvalue weighted by molar-refractivity contribution is 5.97. The second-order valence-corrected chi connectivity index (χ2v) is 6.67. The summed E-state index contributed by atoms with van der Waals surface area (Å²) in [6.07, 6.45) is 1.59. The van der Waals surface area contributed by atoms with Crippen molar-refractivity contribution in [1.82, 2.24) is 0 Å². The van der Waals surface area contributed by atoms with Gasteiger partial charge in [-0.2, -0.15) is 0 Å². The molecule has 0 unspecified atom stereocenters. The SMILES string of the molecule is Cc1ccc(NC(=O)[C@H]2[C@@H]3C[C@H]4[C@H]2C(=O)O[C@H]4C3)cc1[N+](=O)[O-]. The molecule has 1 aliphatic heterocycles. The van der Waals surface area contributed by atoms with Gasteiger partial charge < -0.3 is 10.1 Å². The lowest BCUT2D eigenvalue weighted by Gasteiger charge is -2.23. The molecule has 23 heavy (non-hydrogen) atoms. The van der Waals surface area contributed by atoms with Crippen molar-refractivity contribution in [2.24, 2.45) is 23.7 Å². The predicted molar refractivity (Wildman–Crippen MR) is 79.5 cm³/mol. The number of carbonyl (C=O) groups is 2. The first-order valence-electron chi connectivity index (χ1n) is 7.72. The van der Waals surface area contributed by atoms with Gasteiger partial charge >= 0.3 is 5.97 Å². The number of nitrogens with zero attached hydrogens (tertiary/aromatic N) is 1. The summed E-state index contributed by atoms with van der Waals surface area (Å²) in [6, 6.07) is 4.60. The maximum atomic E-state index is 12.6. The minimum Gasteiger partial charge on any atom is -0.462 e. The Kier molecular flexibility index (Phi) is 2.94. The molecule has 1 saturated heterocycles. The van der Waals surface area contributed by atoms with Crippen LogP contribution in [0.5, 0.6) is 0 Å². The largest absolute Gasteiger partial charge is 0.462 e. The molecule has 2 saturated carbocycles. The van der Waals surface area contributed by atoms with Crippen molar-refractivity contribution in [3.05, 3.63) is 33.9 Å². The van der Waals surface area contributed by atoms with Gasteiger partial charge in [-0.15, -0.1) is 0 Å². The standard InChI is InChI=1S/C16H16N2O5/c1-7-2-3-9(6-11(7)18(21)22)17-15(19)13-8-4-10-12(5-8)23-16(20)14(10)13/h2-3,6,8,10,12-14H,4-5H2,1H3,(H,17,19)/t8-,10-,12+,13+,14-/m1/s1. The molecule has 7 heteroatoms. The third kappa shape index (κ3) is 2.03. The molecular weight excluding hydrogens is 300 g/mol. The number of aryl methyl sites for hydroxylation is 1. The monoisotopic (exact) mass is 316 g/mol. The number of rotatable bonds is 3. The highest BCUT2D eigenvalue weighted by Crippen LogP contribution is 2.57. The Hall–Kier alpha value is -2.44. The number of ether oxygens (including phenoxy) is 1. The van der Waals surface area contributed by atoms with Crippen LogP contribution in [0, 0.1) is 40.7 Å². The summed E-state index contributed by atoms with van der Waals surface area (Å²) in [5, 5.41) is 13.7. The number of anilines is 1. The van der Waals surface area contributed by atoms with E-state index in [2.05, 4.69) is 5.32 Å². The van der Waals surface area contributed by atoms with Crippen LogP contribution in [0.3, 0.4) is 0 Å². The van der Waals surface area contributed by atoms with Gasteiger partial charge in [-0.05, 0) is 31.7 Å². The summed E-state index contributed by atoms with van der Waals surface area (Å²) < 4.78 is 5.33. The number of nitro benzene ring substituents is 1. The molecule has 120 valence electrons. The zero-order chi connectivity index (χ0) is 16.3. The van der Waals surface area contributed by atoms with Gasteiger partial charge in [0.2, 0.25) is 5.91 Å². The van der Waals surface area contributed by atoms with Gasteiger partial charge in [0.15, 0.2) is 0 Å². The molecular formula is C16H16N2O5. The third-order valence-corrected chi connectivity index (χ3v) is 5.46. The Morgan fingerprint density at radius 3 is 2.91 bits per heavy atom. The van der Waals surface area contributed by atoms with Crippen LogP contribution in [-0.2, 0) is 14.3 Å². The van der Waals surface area contributed by atoms with Crippen LogP contribution in [0.15, 0.2) is 18.2 Å².